The Morgan fingerprint density at radius 2 is 1.68 bits per heavy atom. The monoisotopic (exact) mass is 375 g/mol. The summed E-state index contributed by atoms with van der Waals surface area (Å²) in [6.45, 7) is 3.92. The first-order valence-corrected chi connectivity index (χ1v) is 8.77. The zero-order valence-corrected chi connectivity index (χ0v) is 15.9. The fraction of sp³-hybridized carbons (Fsp3) is 0.136. The minimum Gasteiger partial charge on any atom is -0.497 e. The van der Waals surface area contributed by atoms with Crippen molar-refractivity contribution < 1.29 is 14.3 Å². The number of methoxy groups -OCH3 is 1. The van der Waals surface area contributed by atoms with Gasteiger partial charge in [0.05, 0.1) is 7.11 Å². The number of carbonyl (C=O) groups excluding carboxylic acids is 2. The smallest absolute Gasteiger partial charge is 0.274 e. The van der Waals surface area contributed by atoms with Crippen LogP contribution in [0.5, 0.6) is 5.75 Å². The van der Waals surface area contributed by atoms with E-state index >= 15 is 0 Å². The number of aromatic nitrogens is 1. The second-order valence-electron chi connectivity index (χ2n) is 6.31. The molecule has 0 saturated carbocycles. The van der Waals surface area contributed by atoms with E-state index in [9.17, 15) is 9.59 Å². The third kappa shape index (κ3) is 4.35. The second kappa shape index (κ2) is 8.35. The van der Waals surface area contributed by atoms with Gasteiger partial charge in [0.15, 0.2) is 0 Å². The topological polar surface area (TPSA) is 80.3 Å². The molecule has 2 aromatic carbocycles. The fourth-order valence-corrected chi connectivity index (χ4v) is 2.65. The van der Waals surface area contributed by atoms with Crippen LogP contribution in [0.2, 0.25) is 0 Å². The molecule has 0 aliphatic carbocycles. The average molecular weight is 375 g/mol. The van der Waals surface area contributed by atoms with Crippen LogP contribution in [0, 0.1) is 13.8 Å². The number of nitrogens with one attached hydrogen (secondary N) is 2. The first kappa shape index (κ1) is 19.1. The number of carbonyl (C=O) groups is 2. The highest BCUT2D eigenvalue weighted by atomic mass is 16.5. The van der Waals surface area contributed by atoms with Crippen molar-refractivity contribution in [2.75, 3.05) is 17.7 Å². The van der Waals surface area contributed by atoms with E-state index in [0.717, 1.165) is 16.8 Å². The maximum absolute atomic E-state index is 12.6. The first-order valence-electron chi connectivity index (χ1n) is 8.77. The molecule has 2 N–H and O–H groups in total. The number of benzene rings is 2. The number of nitrogens with zero attached hydrogens (tertiary/aromatic N) is 1. The summed E-state index contributed by atoms with van der Waals surface area (Å²) in [5, 5.41) is 5.64. The molecule has 1 aromatic heterocycles. The maximum Gasteiger partial charge on any atom is 0.274 e. The number of anilines is 2. The lowest BCUT2D eigenvalue weighted by atomic mass is 10.1. The van der Waals surface area contributed by atoms with Gasteiger partial charge in [-0.3, -0.25) is 14.6 Å². The normalized spacial score (nSPS) is 10.2. The van der Waals surface area contributed by atoms with E-state index in [1.807, 2.05) is 32.0 Å². The predicted molar refractivity (Wildman–Crippen MR) is 109 cm³/mol. The zero-order chi connectivity index (χ0) is 20.1. The molecule has 0 saturated heterocycles. The number of ether oxygens (including phenoxy) is 1. The van der Waals surface area contributed by atoms with Gasteiger partial charge in [-0.05, 0) is 67.4 Å². The van der Waals surface area contributed by atoms with Crippen LogP contribution >= 0.6 is 0 Å². The molecule has 2 amide bonds. The molecule has 6 nitrogen and oxygen atoms in total. The van der Waals surface area contributed by atoms with Crippen LogP contribution in [0.3, 0.4) is 0 Å². The average Bonchev–Trinajstić information content (AvgIpc) is 2.72. The highest BCUT2D eigenvalue weighted by Gasteiger charge is 2.13. The van der Waals surface area contributed by atoms with Crippen molar-refractivity contribution in [3.8, 4) is 5.75 Å². The minimum atomic E-state index is -0.368. The third-order valence-electron chi connectivity index (χ3n) is 4.46. The van der Waals surface area contributed by atoms with Crippen molar-refractivity contribution in [2.24, 2.45) is 0 Å². The van der Waals surface area contributed by atoms with E-state index in [2.05, 4.69) is 15.6 Å². The Morgan fingerprint density at radius 3 is 2.39 bits per heavy atom. The van der Waals surface area contributed by atoms with Crippen molar-refractivity contribution in [1.82, 2.24) is 4.98 Å². The molecule has 3 rings (SSSR count). The molecule has 1 heterocycles. The highest BCUT2D eigenvalue weighted by molar-refractivity contribution is 6.08. The van der Waals surface area contributed by atoms with Crippen molar-refractivity contribution in [1.29, 1.82) is 0 Å². The molecule has 28 heavy (non-hydrogen) atoms. The summed E-state index contributed by atoms with van der Waals surface area (Å²) in [5.41, 5.74) is 3.94. The van der Waals surface area contributed by atoms with Gasteiger partial charge in [0.2, 0.25) is 0 Å². The Labute approximate surface area is 163 Å². The molecular weight excluding hydrogens is 354 g/mol. The Hall–Kier alpha value is -3.67. The number of hydrogen-bond donors (Lipinski definition) is 2. The summed E-state index contributed by atoms with van der Waals surface area (Å²) in [6.07, 6.45) is 1.45. The van der Waals surface area contributed by atoms with Gasteiger partial charge in [-0.15, -0.1) is 0 Å². The highest BCUT2D eigenvalue weighted by Crippen LogP contribution is 2.19. The molecule has 6 heteroatoms. The minimum absolute atomic E-state index is 0.170. The molecule has 0 radical (unpaired) electrons. The Balaban J connectivity index is 1.74. The summed E-state index contributed by atoms with van der Waals surface area (Å²) in [4.78, 5) is 29.2. The molecule has 0 atom stereocenters. The van der Waals surface area contributed by atoms with E-state index in [4.69, 9.17) is 4.74 Å². The number of aryl methyl sites for hydroxylation is 1. The Kier molecular flexibility index (Phi) is 5.69. The van der Waals surface area contributed by atoms with Gasteiger partial charge >= 0.3 is 0 Å². The van der Waals surface area contributed by atoms with Gasteiger partial charge in [-0.2, -0.15) is 0 Å². The second-order valence-corrected chi connectivity index (χ2v) is 6.31. The Bertz CT molecular complexity index is 1010. The van der Waals surface area contributed by atoms with Gasteiger partial charge in [0.25, 0.3) is 11.8 Å². The number of pyridine rings is 1. The molecule has 0 aliphatic heterocycles. The van der Waals surface area contributed by atoms with Crippen molar-refractivity contribution in [3.63, 3.8) is 0 Å². The summed E-state index contributed by atoms with van der Waals surface area (Å²) >= 11 is 0. The summed E-state index contributed by atoms with van der Waals surface area (Å²) in [6, 6.07) is 15.7. The van der Waals surface area contributed by atoms with E-state index < -0.39 is 0 Å². The van der Waals surface area contributed by atoms with E-state index in [0.29, 0.717) is 17.0 Å². The van der Waals surface area contributed by atoms with Gasteiger partial charge in [0, 0.05) is 23.1 Å². The van der Waals surface area contributed by atoms with Crippen LogP contribution in [0.15, 0.2) is 60.8 Å². The maximum atomic E-state index is 12.6. The van der Waals surface area contributed by atoms with E-state index in [1.165, 1.54) is 12.3 Å². The predicted octanol–water partition coefficient (Wildman–Crippen LogP) is 4.21. The molecule has 0 fully saturated rings. The number of rotatable bonds is 5. The lowest BCUT2D eigenvalue weighted by Crippen LogP contribution is -2.17. The lowest BCUT2D eigenvalue weighted by molar-refractivity contribution is 0.102. The van der Waals surface area contributed by atoms with E-state index in [1.54, 1.807) is 37.4 Å². The molecule has 0 spiro atoms. The molecule has 0 unspecified atom stereocenters. The molecule has 142 valence electrons. The zero-order valence-electron chi connectivity index (χ0n) is 15.9. The third-order valence-corrected chi connectivity index (χ3v) is 4.46. The Morgan fingerprint density at radius 1 is 0.929 bits per heavy atom. The quantitative estimate of drug-likeness (QED) is 0.700. The largest absolute Gasteiger partial charge is 0.497 e. The molecule has 0 bridgehead atoms. The van der Waals surface area contributed by atoms with Crippen LogP contribution in [0.1, 0.15) is 32.0 Å². The van der Waals surface area contributed by atoms with Crippen LogP contribution in [0.25, 0.3) is 0 Å². The molecule has 3 aromatic rings. The first-order chi connectivity index (χ1) is 13.5. The van der Waals surface area contributed by atoms with Gasteiger partial charge in [-0.1, -0.05) is 12.1 Å². The van der Waals surface area contributed by atoms with Crippen molar-refractivity contribution >= 4 is 23.2 Å². The summed E-state index contributed by atoms with van der Waals surface area (Å²) < 4.78 is 5.10. The van der Waals surface area contributed by atoms with E-state index in [-0.39, 0.29) is 17.5 Å². The fourth-order valence-electron chi connectivity index (χ4n) is 2.65. The van der Waals surface area contributed by atoms with Crippen molar-refractivity contribution in [2.45, 2.75) is 13.8 Å². The molecule has 0 aliphatic rings. The standard InChI is InChI=1S/C22H21N3O3/c1-14-5-4-6-19(15(14)2)25-22(27)20-13-16(11-12-23-20)21(26)24-17-7-9-18(28-3)10-8-17/h4-13H,1-3H3,(H,24,26)(H,25,27). The number of hydrogen-bond acceptors (Lipinski definition) is 4. The van der Waals surface area contributed by atoms with Gasteiger partial charge in [-0.25, -0.2) is 0 Å². The van der Waals surface area contributed by atoms with Crippen LogP contribution in [0.4, 0.5) is 11.4 Å². The van der Waals surface area contributed by atoms with Crippen LogP contribution in [-0.4, -0.2) is 23.9 Å². The van der Waals surface area contributed by atoms with Crippen molar-refractivity contribution in [3.05, 3.63) is 83.2 Å². The number of amides is 2. The molecular formula is C22H21N3O3. The van der Waals surface area contributed by atoms with Crippen LogP contribution < -0.4 is 15.4 Å². The summed E-state index contributed by atoms with van der Waals surface area (Å²) in [7, 11) is 1.58. The van der Waals surface area contributed by atoms with Crippen LogP contribution in [-0.2, 0) is 0 Å². The SMILES string of the molecule is COc1ccc(NC(=O)c2ccnc(C(=O)Nc3cccc(C)c3C)c2)cc1. The summed E-state index contributed by atoms with van der Waals surface area (Å²) in [5.74, 6) is 0.00783. The van der Waals surface area contributed by atoms with Gasteiger partial charge in [0.1, 0.15) is 11.4 Å². The lowest BCUT2D eigenvalue weighted by Gasteiger charge is -2.11. The van der Waals surface area contributed by atoms with Gasteiger partial charge < -0.3 is 15.4 Å².